The van der Waals surface area contributed by atoms with Crippen LogP contribution in [0.4, 0.5) is 4.39 Å². The number of hydrogen-bond donors (Lipinski definition) is 2. The molecule has 22 heavy (non-hydrogen) atoms. The van der Waals surface area contributed by atoms with Crippen LogP contribution in [-0.2, 0) is 11.2 Å². The van der Waals surface area contributed by atoms with Crippen molar-refractivity contribution in [1.29, 1.82) is 0 Å². The van der Waals surface area contributed by atoms with Gasteiger partial charge in [0.25, 0.3) is 5.91 Å². The summed E-state index contributed by atoms with van der Waals surface area (Å²) in [7, 11) is 0. The smallest absolute Gasteiger partial charge is 0.269 e. The van der Waals surface area contributed by atoms with Gasteiger partial charge >= 0.3 is 0 Å². The van der Waals surface area contributed by atoms with Crippen molar-refractivity contribution < 1.29 is 14.0 Å². The molecule has 2 amide bonds. The van der Waals surface area contributed by atoms with Gasteiger partial charge in [-0.2, -0.15) is 0 Å². The molecule has 114 valence electrons. The number of benzene rings is 2. The van der Waals surface area contributed by atoms with Gasteiger partial charge in [-0.15, -0.1) is 0 Å². The molecule has 0 radical (unpaired) electrons. The number of amides is 2. The van der Waals surface area contributed by atoms with Gasteiger partial charge in [-0.3, -0.25) is 20.4 Å². The van der Waals surface area contributed by atoms with Crippen molar-refractivity contribution in [2.24, 2.45) is 0 Å². The first-order valence-electron chi connectivity index (χ1n) is 6.24. The van der Waals surface area contributed by atoms with Gasteiger partial charge < -0.3 is 0 Å². The van der Waals surface area contributed by atoms with Crippen LogP contribution >= 0.6 is 23.2 Å². The van der Waals surface area contributed by atoms with Gasteiger partial charge in [0, 0.05) is 15.6 Å². The van der Waals surface area contributed by atoms with Crippen molar-refractivity contribution in [2.45, 2.75) is 6.42 Å². The van der Waals surface area contributed by atoms with E-state index in [-0.39, 0.29) is 17.8 Å². The largest absolute Gasteiger partial charge is 0.273 e. The van der Waals surface area contributed by atoms with Gasteiger partial charge in [-0.25, -0.2) is 4.39 Å². The molecule has 0 aliphatic carbocycles. The second kappa shape index (κ2) is 7.24. The predicted octanol–water partition coefficient (Wildman–Crippen LogP) is 3.14. The summed E-state index contributed by atoms with van der Waals surface area (Å²) in [6.45, 7) is 0. The summed E-state index contributed by atoms with van der Waals surface area (Å²) in [5, 5.41) is 0.630. The standard InChI is InChI=1S/C15H11Cl2FN2O2/c16-11-6-10(7-12(17)8-11)15(22)20-19-14(21)5-9-1-3-13(18)4-2-9/h1-4,6-8H,5H2,(H,19,21)(H,20,22). The lowest BCUT2D eigenvalue weighted by molar-refractivity contribution is -0.121. The van der Waals surface area contributed by atoms with Crippen molar-refractivity contribution in [3.63, 3.8) is 0 Å². The average Bonchev–Trinajstić information content (AvgIpc) is 2.46. The summed E-state index contributed by atoms with van der Waals surface area (Å²) in [5.41, 5.74) is 5.37. The molecule has 4 nitrogen and oxygen atoms in total. The van der Waals surface area contributed by atoms with E-state index in [4.69, 9.17) is 23.2 Å². The molecule has 2 N–H and O–H groups in total. The number of carbonyl (C=O) groups is 2. The number of hydrazine groups is 1. The molecule has 0 aromatic heterocycles. The second-order valence-corrected chi connectivity index (χ2v) is 5.34. The molecule has 0 heterocycles. The first-order valence-corrected chi connectivity index (χ1v) is 6.99. The maximum absolute atomic E-state index is 12.8. The minimum Gasteiger partial charge on any atom is -0.273 e. The quantitative estimate of drug-likeness (QED) is 0.843. The minimum atomic E-state index is -0.545. The average molecular weight is 341 g/mol. The Balaban J connectivity index is 1.90. The van der Waals surface area contributed by atoms with Gasteiger partial charge in [-0.1, -0.05) is 35.3 Å². The maximum atomic E-state index is 12.8. The van der Waals surface area contributed by atoms with Crippen LogP contribution in [0, 0.1) is 5.82 Å². The van der Waals surface area contributed by atoms with Crippen molar-refractivity contribution >= 4 is 35.0 Å². The third kappa shape index (κ3) is 4.72. The van der Waals surface area contributed by atoms with Gasteiger partial charge in [0.2, 0.25) is 5.91 Å². The van der Waals surface area contributed by atoms with E-state index in [2.05, 4.69) is 10.9 Å². The highest BCUT2D eigenvalue weighted by Gasteiger charge is 2.09. The van der Waals surface area contributed by atoms with Gasteiger partial charge in [0.15, 0.2) is 0 Å². The Labute approximate surface area is 136 Å². The summed E-state index contributed by atoms with van der Waals surface area (Å²) in [6.07, 6.45) is 0.0108. The topological polar surface area (TPSA) is 58.2 Å². The zero-order valence-corrected chi connectivity index (χ0v) is 12.7. The molecule has 7 heteroatoms. The molecule has 0 saturated heterocycles. The first-order chi connectivity index (χ1) is 10.4. The van der Waals surface area contributed by atoms with E-state index in [9.17, 15) is 14.0 Å². The third-order valence-electron chi connectivity index (χ3n) is 2.72. The maximum Gasteiger partial charge on any atom is 0.269 e. The van der Waals surface area contributed by atoms with Crippen LogP contribution in [-0.4, -0.2) is 11.8 Å². The fourth-order valence-electron chi connectivity index (χ4n) is 1.72. The van der Waals surface area contributed by atoms with Crippen LogP contribution in [0.1, 0.15) is 15.9 Å². The number of carbonyl (C=O) groups excluding carboxylic acids is 2. The first kappa shape index (κ1) is 16.3. The van der Waals surface area contributed by atoms with Crippen molar-refractivity contribution in [3.8, 4) is 0 Å². The summed E-state index contributed by atoms with van der Waals surface area (Å²) in [5.74, 6) is -1.36. The molecule has 2 rings (SSSR count). The lowest BCUT2D eigenvalue weighted by Crippen LogP contribution is -2.42. The van der Waals surface area contributed by atoms with E-state index in [1.165, 1.54) is 42.5 Å². The second-order valence-electron chi connectivity index (χ2n) is 4.46. The molecule has 0 unspecified atom stereocenters. The van der Waals surface area contributed by atoms with Crippen LogP contribution < -0.4 is 10.9 Å². The number of rotatable bonds is 3. The number of hydrogen-bond acceptors (Lipinski definition) is 2. The van der Waals surface area contributed by atoms with E-state index < -0.39 is 11.8 Å². The van der Waals surface area contributed by atoms with Crippen molar-refractivity contribution in [2.75, 3.05) is 0 Å². The number of nitrogens with one attached hydrogen (secondary N) is 2. The SMILES string of the molecule is O=C(Cc1ccc(F)cc1)NNC(=O)c1cc(Cl)cc(Cl)c1. The van der Waals surface area contributed by atoms with E-state index in [0.717, 1.165) is 0 Å². The molecule has 2 aromatic carbocycles. The molecule has 2 aromatic rings. The highest BCUT2D eigenvalue weighted by Crippen LogP contribution is 2.18. The molecule has 0 aliphatic rings. The van der Waals surface area contributed by atoms with Crippen LogP contribution in [0.15, 0.2) is 42.5 Å². The van der Waals surface area contributed by atoms with Crippen molar-refractivity contribution in [1.82, 2.24) is 10.9 Å². The Bertz CT molecular complexity index is 685. The molecule has 0 saturated carbocycles. The van der Waals surface area contributed by atoms with Crippen LogP contribution in [0.2, 0.25) is 10.0 Å². The fraction of sp³-hybridized carbons (Fsp3) is 0.0667. The number of halogens is 3. The summed E-state index contributed by atoms with van der Waals surface area (Å²) in [6, 6.07) is 9.85. The highest BCUT2D eigenvalue weighted by molar-refractivity contribution is 6.35. The van der Waals surface area contributed by atoms with Crippen LogP contribution in [0.25, 0.3) is 0 Å². The Morgan fingerprint density at radius 2 is 1.55 bits per heavy atom. The Kier molecular flexibility index (Phi) is 5.35. The third-order valence-corrected chi connectivity index (χ3v) is 3.15. The van der Waals surface area contributed by atoms with Gasteiger partial charge in [0.05, 0.1) is 6.42 Å². The molecule has 0 fully saturated rings. The van der Waals surface area contributed by atoms with Crippen LogP contribution in [0.3, 0.4) is 0 Å². The molecular weight excluding hydrogens is 330 g/mol. The molecule has 0 bridgehead atoms. The monoisotopic (exact) mass is 340 g/mol. The van der Waals surface area contributed by atoms with E-state index >= 15 is 0 Å². The van der Waals surface area contributed by atoms with Crippen LogP contribution in [0.5, 0.6) is 0 Å². The molecule has 0 spiro atoms. The predicted molar refractivity (Wildman–Crippen MR) is 82.2 cm³/mol. The zero-order chi connectivity index (χ0) is 16.1. The summed E-state index contributed by atoms with van der Waals surface area (Å²) >= 11 is 11.6. The Morgan fingerprint density at radius 1 is 0.955 bits per heavy atom. The van der Waals surface area contributed by atoms with Crippen molar-refractivity contribution in [3.05, 3.63) is 69.5 Å². The van der Waals surface area contributed by atoms with Gasteiger partial charge in [0.1, 0.15) is 5.82 Å². The van der Waals surface area contributed by atoms with Gasteiger partial charge in [-0.05, 0) is 35.9 Å². The lowest BCUT2D eigenvalue weighted by Gasteiger charge is -2.08. The normalized spacial score (nSPS) is 10.1. The van der Waals surface area contributed by atoms with E-state index in [1.54, 1.807) is 0 Å². The Hall–Kier alpha value is -2.11. The van der Waals surface area contributed by atoms with E-state index in [0.29, 0.717) is 15.6 Å². The zero-order valence-electron chi connectivity index (χ0n) is 11.2. The highest BCUT2D eigenvalue weighted by atomic mass is 35.5. The fourth-order valence-corrected chi connectivity index (χ4v) is 2.24. The minimum absolute atomic E-state index is 0.0108. The molecule has 0 aliphatic heterocycles. The lowest BCUT2D eigenvalue weighted by atomic mass is 10.1. The van der Waals surface area contributed by atoms with E-state index in [1.807, 2.05) is 0 Å². The summed E-state index contributed by atoms with van der Waals surface area (Å²) in [4.78, 5) is 23.6. The Morgan fingerprint density at radius 3 is 2.14 bits per heavy atom. The summed E-state index contributed by atoms with van der Waals surface area (Å²) < 4.78 is 12.8. The molecule has 0 atom stereocenters. The molecular formula is C15H11Cl2FN2O2.